The van der Waals surface area contributed by atoms with Crippen molar-refractivity contribution in [1.29, 1.82) is 5.41 Å². The number of primary amides is 1. The Morgan fingerprint density at radius 1 is 0.689 bits per heavy atom. The summed E-state index contributed by atoms with van der Waals surface area (Å²) < 4.78 is 0. The Labute approximate surface area is 617 Å². The number of carbonyl (C=O) groups excluding carboxylic acids is 12. The second-order valence-corrected chi connectivity index (χ2v) is 28.4. The van der Waals surface area contributed by atoms with Crippen molar-refractivity contribution in [2.45, 2.75) is 158 Å². The number of hydrogen-bond donors (Lipinski definition) is 20. The number of H-pyrrole nitrogens is 2. The zero-order valence-corrected chi connectivity index (χ0v) is 60.2. The van der Waals surface area contributed by atoms with Gasteiger partial charge in [-0.2, -0.15) is 0 Å². The molecule has 0 spiro atoms. The van der Waals surface area contributed by atoms with Crippen molar-refractivity contribution in [2.24, 2.45) is 23.1 Å². The predicted molar refractivity (Wildman–Crippen MR) is 391 cm³/mol. The SMILES string of the molecule is CC(C)[C@@H]1NC(=O)[C@@H](NC(=O)[C@H](Cc2ccc(O)cc2)NC(=O)[C@@H]2CCCN2C(=O)CCN)CSSC[C@H](c2ncc[nH]2)NC(=O)[C@H](CCC(=O)O)NC(=O)[C@H](Cc2c[nH]c3ccccc23)NC(=O)[C@H](CCC(N)=O)NC(=O)CCNC(=O)[C@H](CCCNC(=N)N)NC(=O)[C@H](Cc2ccc(O)cc2)NC1=O. The van der Waals surface area contributed by atoms with Crippen LogP contribution in [-0.4, -0.2) is 210 Å². The fourth-order valence-electron chi connectivity index (χ4n) is 11.8. The monoisotopic (exact) mass is 1510 g/mol. The number of rotatable bonds is 24. The first-order valence-corrected chi connectivity index (χ1v) is 37.1. The number of amides is 12. The van der Waals surface area contributed by atoms with Gasteiger partial charge in [0.25, 0.3) is 0 Å². The maximum Gasteiger partial charge on any atom is 0.303 e. The van der Waals surface area contributed by atoms with E-state index in [1.807, 2.05) is 0 Å². The van der Waals surface area contributed by atoms with Gasteiger partial charge in [0.05, 0.1) is 6.04 Å². The third-order valence-electron chi connectivity index (χ3n) is 17.5. The number of guanidine groups is 1. The molecular weight excluding hydrogens is 1420 g/mol. The Kier molecular flexibility index (Phi) is 31.8. The molecule has 572 valence electrons. The largest absolute Gasteiger partial charge is 0.508 e. The van der Waals surface area contributed by atoms with Gasteiger partial charge < -0.3 is 106 Å². The standard InChI is InChI=1S/C69H93N19O16S2/c1-37(2)58-68(104)84-49(32-39-13-17-42(90)18-14-39)63(99)80-45(9-5-26-77-69(72)73)60(96)76-27-24-55(92)79-46(19-21-54(71)91)61(97)82-50(33-40-34-78-44-8-4-3-7-43(40)44)65(101)81-47(20-22-57(94)95)62(98)85-51(59-74-28-29-75-59)35-105-106-36-52(66(102)87-58)86-64(100)48(31-38-11-15-41(89)16-12-38)83-67(103)53-10-6-30-88(53)56(93)23-25-70/h3-4,7-8,11-18,28-29,34,37,45-53,58,78,89-90H,5-6,9-10,19-27,30-33,35-36,70H2,1-2H3,(H2,71,91)(H,74,75)(H,76,96)(H,79,92)(H,80,99)(H,81,101)(H,82,97)(H,83,103)(H,84,104)(H,85,98)(H,86,100)(H,87,102)(H,94,95)(H4,72,73,77)/t45-,46-,47-,48-,49-,50-,51+,52-,53-,58-/m0/s1. The number of hydrogen-bond acceptors (Lipinski definition) is 20. The van der Waals surface area contributed by atoms with E-state index >= 15 is 9.59 Å². The number of nitrogens with zero attached hydrogens (tertiary/aromatic N) is 2. The number of carboxylic acid groups (broad SMARTS) is 1. The van der Waals surface area contributed by atoms with Crippen molar-refractivity contribution >= 4 is 115 Å². The van der Waals surface area contributed by atoms with E-state index < -0.39 is 170 Å². The van der Waals surface area contributed by atoms with Crippen molar-refractivity contribution in [3.63, 3.8) is 0 Å². The van der Waals surface area contributed by atoms with E-state index in [-0.39, 0.29) is 112 Å². The summed E-state index contributed by atoms with van der Waals surface area (Å²) in [6, 6.07) is 4.15. The molecule has 2 saturated heterocycles. The van der Waals surface area contributed by atoms with Crippen LogP contribution >= 0.6 is 21.6 Å². The molecule has 3 aromatic carbocycles. The fraction of sp³-hybridized carbons (Fsp3) is 0.464. The van der Waals surface area contributed by atoms with E-state index in [0.717, 1.165) is 21.6 Å². The minimum Gasteiger partial charge on any atom is -0.508 e. The van der Waals surface area contributed by atoms with Crippen LogP contribution in [0.15, 0.2) is 91.4 Å². The van der Waals surface area contributed by atoms with Crippen LogP contribution in [-0.2, 0) is 81.6 Å². The second-order valence-electron chi connectivity index (χ2n) is 25.9. The number of para-hydroxylation sites is 1. The summed E-state index contributed by atoms with van der Waals surface area (Å²) in [6.07, 6.45) is 1.92. The lowest BCUT2D eigenvalue weighted by molar-refractivity contribution is -0.139. The molecule has 2 aromatic heterocycles. The van der Waals surface area contributed by atoms with Gasteiger partial charge in [-0.25, -0.2) is 4.98 Å². The molecule has 2 aliphatic rings. The molecule has 2 aliphatic heterocycles. The molecule has 35 nitrogen and oxygen atoms in total. The highest BCUT2D eigenvalue weighted by Gasteiger charge is 2.39. The lowest BCUT2D eigenvalue weighted by Crippen LogP contribution is -2.61. The van der Waals surface area contributed by atoms with E-state index in [0.29, 0.717) is 34.0 Å². The van der Waals surface area contributed by atoms with Gasteiger partial charge in [-0.3, -0.25) is 67.7 Å². The number of benzene rings is 3. The van der Waals surface area contributed by atoms with Crippen molar-refractivity contribution in [2.75, 3.05) is 37.7 Å². The molecule has 23 N–H and O–H groups in total. The number of likely N-dealkylation sites (tertiary alicyclic amines) is 1. The molecule has 0 unspecified atom stereocenters. The molecular formula is C69H93N19O16S2. The number of aromatic nitrogens is 3. The summed E-state index contributed by atoms with van der Waals surface area (Å²) in [5, 5.41) is 68.2. The van der Waals surface area contributed by atoms with Crippen LogP contribution in [0.3, 0.4) is 0 Å². The van der Waals surface area contributed by atoms with Gasteiger partial charge in [0.1, 0.15) is 71.7 Å². The smallest absolute Gasteiger partial charge is 0.303 e. The van der Waals surface area contributed by atoms with Crippen LogP contribution in [0.5, 0.6) is 11.5 Å². The van der Waals surface area contributed by atoms with Crippen molar-refractivity contribution in [3.8, 4) is 11.5 Å². The average Bonchev–Trinajstić information content (AvgIpc) is 1.50. The molecule has 0 aliphatic carbocycles. The molecule has 106 heavy (non-hydrogen) atoms. The quantitative estimate of drug-likeness (QED) is 0.0143. The van der Waals surface area contributed by atoms with Gasteiger partial charge in [0, 0.05) is 112 Å². The van der Waals surface area contributed by atoms with Gasteiger partial charge in [-0.1, -0.05) is 77.9 Å². The number of fused-ring (bicyclic) bond motifs is 1. The number of aromatic amines is 2. The molecule has 2 fully saturated rings. The molecule has 37 heteroatoms. The number of phenolic OH excluding ortho intramolecular Hbond substituents is 2. The van der Waals surface area contributed by atoms with Crippen LogP contribution in [0.2, 0.25) is 0 Å². The van der Waals surface area contributed by atoms with E-state index in [2.05, 4.69) is 73.4 Å². The molecule has 0 bridgehead atoms. The minimum absolute atomic E-state index is 0.0205. The topological polar surface area (TPSA) is 565 Å². The maximum absolute atomic E-state index is 15.2. The molecule has 7 rings (SSSR count). The van der Waals surface area contributed by atoms with Gasteiger partial charge >= 0.3 is 5.97 Å². The highest BCUT2D eigenvalue weighted by Crippen LogP contribution is 2.29. The number of aliphatic carboxylic acids is 1. The summed E-state index contributed by atoms with van der Waals surface area (Å²) in [5.74, 6) is -13.1. The summed E-state index contributed by atoms with van der Waals surface area (Å²) in [7, 11) is 2.05. The van der Waals surface area contributed by atoms with Crippen LogP contribution in [0.25, 0.3) is 10.9 Å². The highest BCUT2D eigenvalue weighted by atomic mass is 33.1. The Hall–Kier alpha value is -11.0. The third kappa shape index (κ3) is 25.7. The average molecular weight is 1510 g/mol. The number of imidazole rings is 1. The Bertz CT molecular complexity index is 3900. The summed E-state index contributed by atoms with van der Waals surface area (Å²) in [6.45, 7) is 3.08. The Morgan fingerprint density at radius 3 is 1.95 bits per heavy atom. The highest BCUT2D eigenvalue weighted by molar-refractivity contribution is 8.76. The first-order chi connectivity index (χ1) is 50.7. The molecule has 4 heterocycles. The lowest BCUT2D eigenvalue weighted by Gasteiger charge is -2.29. The van der Waals surface area contributed by atoms with Crippen molar-refractivity contribution in [3.05, 3.63) is 114 Å². The van der Waals surface area contributed by atoms with E-state index in [9.17, 15) is 68.1 Å². The normalized spacial score (nSPS) is 22.0. The van der Waals surface area contributed by atoms with E-state index in [1.165, 1.54) is 65.8 Å². The Morgan fingerprint density at radius 2 is 1.30 bits per heavy atom. The van der Waals surface area contributed by atoms with Crippen LogP contribution in [0.1, 0.15) is 107 Å². The molecule has 12 amide bonds. The molecule has 0 radical (unpaired) electrons. The van der Waals surface area contributed by atoms with Crippen molar-refractivity contribution < 1.29 is 77.6 Å². The number of aromatic hydroxyl groups is 2. The minimum atomic E-state index is -1.62. The van der Waals surface area contributed by atoms with Gasteiger partial charge in [-0.05, 0) is 91.5 Å². The number of phenols is 2. The predicted octanol–water partition coefficient (Wildman–Crippen LogP) is -1.64. The lowest BCUT2D eigenvalue weighted by atomic mass is 10.00. The van der Waals surface area contributed by atoms with E-state index in [1.54, 1.807) is 44.3 Å². The third-order valence-corrected chi connectivity index (χ3v) is 19.9. The van der Waals surface area contributed by atoms with E-state index in [4.69, 9.17) is 22.6 Å². The fourth-order valence-corrected chi connectivity index (χ4v) is 14.2. The van der Waals surface area contributed by atoms with Gasteiger partial charge in [-0.15, -0.1) is 0 Å². The number of nitrogens with two attached hydrogens (primary N) is 3. The summed E-state index contributed by atoms with van der Waals surface area (Å²) in [5.41, 5.74) is 18.8. The Balaban J connectivity index is 1.28. The zero-order valence-electron chi connectivity index (χ0n) is 58.5. The second kappa shape index (κ2) is 40.9. The summed E-state index contributed by atoms with van der Waals surface area (Å²) in [4.78, 5) is 196. The van der Waals surface area contributed by atoms with Crippen LogP contribution < -0.4 is 75.7 Å². The number of nitrogens with one attached hydrogen (secondary N) is 14. The molecule has 10 atom stereocenters. The van der Waals surface area contributed by atoms with Gasteiger partial charge in [0.15, 0.2) is 5.96 Å². The first kappa shape index (κ1) is 82.3. The van der Waals surface area contributed by atoms with Gasteiger partial charge in [0.2, 0.25) is 70.9 Å². The maximum atomic E-state index is 15.2. The zero-order chi connectivity index (χ0) is 77.0. The number of carboxylic acids is 1. The van der Waals surface area contributed by atoms with Crippen LogP contribution in [0.4, 0.5) is 0 Å². The first-order valence-electron chi connectivity index (χ1n) is 34.6. The summed E-state index contributed by atoms with van der Waals surface area (Å²) >= 11 is 0. The number of carbonyl (C=O) groups is 13. The molecule has 5 aromatic rings. The van der Waals surface area contributed by atoms with Crippen LogP contribution in [0, 0.1) is 11.3 Å². The molecule has 0 saturated carbocycles. The van der Waals surface area contributed by atoms with Crippen molar-refractivity contribution in [1.82, 2.24) is 78.3 Å².